The van der Waals surface area contributed by atoms with E-state index in [0.29, 0.717) is 0 Å². The fourth-order valence-corrected chi connectivity index (χ4v) is 1.09. The number of benzene rings is 1. The summed E-state index contributed by atoms with van der Waals surface area (Å²) < 4.78 is 36.7. The summed E-state index contributed by atoms with van der Waals surface area (Å²) in [6, 6.07) is 3.53. The maximum atomic E-state index is 12.2. The monoisotopic (exact) mass is 208 g/mol. The van der Waals surface area contributed by atoms with Gasteiger partial charge in [0.25, 0.3) is 0 Å². The molecule has 1 radical (unpaired) electrons. The molecule has 0 heterocycles. The molecule has 1 aromatic carbocycles. The molecule has 0 aliphatic rings. The quantitative estimate of drug-likeness (QED) is 0.673. The van der Waals surface area contributed by atoms with Crippen LogP contribution in [0.1, 0.15) is 5.56 Å². The Bertz CT molecular complexity index is 309. The molecule has 1 rings (SSSR count). The van der Waals surface area contributed by atoms with Crippen molar-refractivity contribution in [3.05, 3.63) is 28.8 Å². The lowest BCUT2D eigenvalue weighted by Gasteiger charge is -2.09. The molecular weight excluding hydrogens is 203 g/mol. The summed E-state index contributed by atoms with van der Waals surface area (Å²) in [5.41, 5.74) is -0.589. The highest BCUT2D eigenvalue weighted by molar-refractivity contribution is 6.31. The minimum Gasteiger partial charge on any atom is -0.289 e. The van der Waals surface area contributed by atoms with Crippen molar-refractivity contribution in [2.24, 2.45) is 0 Å². The number of rotatable bonds is 1. The molecule has 0 saturated heterocycles. The molecule has 0 spiro atoms. The normalized spacial score (nSPS) is 11.5. The van der Waals surface area contributed by atoms with E-state index in [-0.39, 0.29) is 10.7 Å². The van der Waals surface area contributed by atoms with Crippen LogP contribution in [0.2, 0.25) is 5.02 Å². The van der Waals surface area contributed by atoms with Crippen molar-refractivity contribution in [1.29, 1.82) is 0 Å². The number of hydrogen-bond acceptors (Lipinski definition) is 0. The molecule has 0 unspecified atom stereocenters. The molecule has 0 bridgehead atoms. The molecule has 5 heteroatoms. The second-order valence-corrected chi connectivity index (χ2v) is 2.79. The summed E-state index contributed by atoms with van der Waals surface area (Å²) >= 11 is 5.38. The topological polar surface area (TPSA) is 14.1 Å². The number of halogens is 4. The highest BCUT2D eigenvalue weighted by Gasteiger charge is 2.33. The van der Waals surface area contributed by atoms with Crippen LogP contribution in [-0.4, -0.2) is 7.05 Å². The van der Waals surface area contributed by atoms with E-state index >= 15 is 0 Å². The predicted octanol–water partition coefficient (Wildman–Crippen LogP) is 3.22. The largest absolute Gasteiger partial charge is 0.417 e. The van der Waals surface area contributed by atoms with E-state index in [0.717, 1.165) is 6.07 Å². The lowest BCUT2D eigenvalue weighted by Crippen LogP contribution is -2.06. The van der Waals surface area contributed by atoms with Gasteiger partial charge in [0.1, 0.15) is 0 Å². The van der Waals surface area contributed by atoms with Gasteiger partial charge >= 0.3 is 6.18 Å². The highest BCUT2D eigenvalue weighted by atomic mass is 35.5. The molecule has 0 amide bonds. The van der Waals surface area contributed by atoms with E-state index in [1.54, 1.807) is 0 Å². The Hall–Kier alpha value is -0.900. The second-order valence-electron chi connectivity index (χ2n) is 2.39. The van der Waals surface area contributed by atoms with E-state index in [9.17, 15) is 13.2 Å². The number of alkyl halides is 3. The summed E-state index contributed by atoms with van der Waals surface area (Å²) in [6.07, 6.45) is -4.42. The lowest BCUT2D eigenvalue weighted by molar-refractivity contribution is -0.137. The van der Waals surface area contributed by atoms with Gasteiger partial charge in [-0.2, -0.15) is 13.2 Å². The van der Waals surface area contributed by atoms with Gasteiger partial charge in [-0.15, -0.1) is 0 Å². The molecule has 0 aliphatic heterocycles. The standard InChI is InChI=1S/C8H6ClF3N/c1-13-5-2-3-7(9)6(4-5)8(10,11)12/h2-4H,1H3. The van der Waals surface area contributed by atoms with Gasteiger partial charge in [0.15, 0.2) is 0 Å². The average Bonchev–Trinajstić information content (AvgIpc) is 2.03. The summed E-state index contributed by atoms with van der Waals surface area (Å²) in [7, 11) is 1.42. The van der Waals surface area contributed by atoms with Gasteiger partial charge in [-0.3, -0.25) is 5.32 Å². The van der Waals surface area contributed by atoms with E-state index in [4.69, 9.17) is 11.6 Å². The summed E-state index contributed by atoms with van der Waals surface area (Å²) in [4.78, 5) is 0. The van der Waals surface area contributed by atoms with E-state index < -0.39 is 11.7 Å². The maximum absolute atomic E-state index is 12.2. The third-order valence-electron chi connectivity index (χ3n) is 1.51. The molecule has 0 aliphatic carbocycles. The Balaban J connectivity index is 3.19. The zero-order valence-corrected chi connectivity index (χ0v) is 7.45. The van der Waals surface area contributed by atoms with E-state index in [1.807, 2.05) is 0 Å². The van der Waals surface area contributed by atoms with Crippen molar-refractivity contribution in [2.45, 2.75) is 6.18 Å². The van der Waals surface area contributed by atoms with Crippen molar-refractivity contribution in [1.82, 2.24) is 5.32 Å². The van der Waals surface area contributed by atoms with Crippen LogP contribution < -0.4 is 5.32 Å². The van der Waals surface area contributed by atoms with Crippen molar-refractivity contribution < 1.29 is 13.2 Å². The van der Waals surface area contributed by atoms with Crippen LogP contribution in [0.25, 0.3) is 0 Å². The first-order valence-corrected chi connectivity index (χ1v) is 3.79. The Morgan fingerprint density at radius 3 is 2.38 bits per heavy atom. The fourth-order valence-electron chi connectivity index (χ4n) is 0.870. The van der Waals surface area contributed by atoms with Crippen LogP contribution >= 0.6 is 11.6 Å². The molecule has 0 fully saturated rings. The van der Waals surface area contributed by atoms with Crippen LogP contribution in [0, 0.1) is 0 Å². The van der Waals surface area contributed by atoms with Crippen molar-refractivity contribution in [2.75, 3.05) is 7.05 Å². The zero-order valence-electron chi connectivity index (χ0n) is 6.69. The summed E-state index contributed by atoms with van der Waals surface area (Å²) in [5, 5.41) is 3.32. The summed E-state index contributed by atoms with van der Waals surface area (Å²) in [5.74, 6) is 0. The first kappa shape index (κ1) is 10.2. The Morgan fingerprint density at radius 1 is 1.31 bits per heavy atom. The SMILES string of the molecule is C[N]c1ccc(Cl)c(C(F)(F)F)c1. The van der Waals surface area contributed by atoms with Crippen molar-refractivity contribution in [3.63, 3.8) is 0 Å². The van der Waals surface area contributed by atoms with Crippen LogP contribution in [0.5, 0.6) is 0 Å². The zero-order chi connectivity index (χ0) is 10.1. The molecular formula is C8H6ClF3N. The first-order chi connectivity index (χ1) is 5.95. The van der Waals surface area contributed by atoms with E-state index in [1.165, 1.54) is 19.2 Å². The van der Waals surface area contributed by atoms with Gasteiger partial charge in [-0.25, -0.2) is 0 Å². The molecule has 71 valence electrons. The minimum absolute atomic E-state index is 0.261. The fraction of sp³-hybridized carbons (Fsp3) is 0.250. The van der Waals surface area contributed by atoms with Gasteiger partial charge in [-0.1, -0.05) is 11.6 Å². The van der Waals surface area contributed by atoms with Gasteiger partial charge in [-0.05, 0) is 18.2 Å². The number of nitrogens with zero attached hydrogens (tertiary/aromatic N) is 1. The second kappa shape index (κ2) is 3.46. The van der Waals surface area contributed by atoms with Crippen LogP contribution in [-0.2, 0) is 6.18 Å². The highest BCUT2D eigenvalue weighted by Crippen LogP contribution is 2.35. The Kier molecular flexibility index (Phi) is 2.71. The van der Waals surface area contributed by atoms with Gasteiger partial charge in [0.2, 0.25) is 0 Å². The average molecular weight is 209 g/mol. The molecule has 1 aromatic rings. The van der Waals surface area contributed by atoms with Gasteiger partial charge in [0.05, 0.1) is 16.3 Å². The lowest BCUT2D eigenvalue weighted by atomic mass is 10.2. The Morgan fingerprint density at radius 2 is 1.92 bits per heavy atom. The van der Waals surface area contributed by atoms with E-state index in [2.05, 4.69) is 5.32 Å². The van der Waals surface area contributed by atoms with Gasteiger partial charge < -0.3 is 0 Å². The Labute approximate surface area is 78.5 Å². The minimum atomic E-state index is -4.42. The van der Waals surface area contributed by atoms with Crippen LogP contribution in [0.4, 0.5) is 18.9 Å². The molecule has 0 N–H and O–H groups in total. The third-order valence-corrected chi connectivity index (χ3v) is 1.84. The van der Waals surface area contributed by atoms with Crippen LogP contribution in [0.3, 0.4) is 0 Å². The maximum Gasteiger partial charge on any atom is 0.417 e. The van der Waals surface area contributed by atoms with Crippen molar-refractivity contribution >= 4 is 17.3 Å². The van der Waals surface area contributed by atoms with Crippen molar-refractivity contribution in [3.8, 4) is 0 Å². The first-order valence-electron chi connectivity index (χ1n) is 3.41. The summed E-state index contributed by atoms with van der Waals surface area (Å²) in [6.45, 7) is 0. The molecule has 13 heavy (non-hydrogen) atoms. The van der Waals surface area contributed by atoms with Crippen LogP contribution in [0.15, 0.2) is 18.2 Å². The van der Waals surface area contributed by atoms with Gasteiger partial charge in [0, 0.05) is 7.05 Å². The molecule has 0 saturated carbocycles. The molecule has 0 atom stereocenters. The molecule has 1 nitrogen and oxygen atoms in total. The predicted molar refractivity (Wildman–Crippen MR) is 44.2 cm³/mol. The molecule has 0 aromatic heterocycles. The third kappa shape index (κ3) is 2.28. The number of hydrogen-bond donors (Lipinski definition) is 0. The smallest absolute Gasteiger partial charge is 0.289 e.